The molecular formula is C16H20N4O. The van der Waals surface area contributed by atoms with Crippen LogP contribution in [0.4, 0.5) is 5.95 Å². The number of nitrogens with two attached hydrogens (primary N) is 1. The monoisotopic (exact) mass is 284 g/mol. The average Bonchev–Trinajstić information content (AvgIpc) is 2.49. The van der Waals surface area contributed by atoms with Gasteiger partial charge in [-0.1, -0.05) is 12.1 Å². The lowest BCUT2D eigenvalue weighted by Gasteiger charge is -2.30. The van der Waals surface area contributed by atoms with Crippen molar-refractivity contribution >= 4 is 5.95 Å². The topological polar surface area (TPSA) is 75.3 Å². The maximum atomic E-state index is 9.48. The number of nitrogens with zero attached hydrogens (tertiary/aromatic N) is 3. The molecule has 2 aromatic rings. The van der Waals surface area contributed by atoms with Gasteiger partial charge in [-0.25, -0.2) is 9.97 Å². The number of aromatic hydroxyl groups is 1. The molecule has 0 atom stereocenters. The van der Waals surface area contributed by atoms with E-state index in [1.54, 1.807) is 12.1 Å². The van der Waals surface area contributed by atoms with Crippen molar-refractivity contribution in [3.8, 4) is 5.75 Å². The van der Waals surface area contributed by atoms with Crippen molar-refractivity contribution in [1.82, 2.24) is 9.97 Å². The highest BCUT2D eigenvalue weighted by atomic mass is 16.3. The van der Waals surface area contributed by atoms with E-state index in [0.29, 0.717) is 6.04 Å². The van der Waals surface area contributed by atoms with E-state index in [1.807, 2.05) is 24.5 Å². The minimum absolute atomic E-state index is 0.287. The molecule has 0 saturated carbocycles. The van der Waals surface area contributed by atoms with Gasteiger partial charge in [-0.3, -0.25) is 0 Å². The second-order valence-corrected chi connectivity index (χ2v) is 5.56. The standard InChI is InChI=1S/C16H20N4O/c17-14-4-6-20(7-5-14)16-18-10-13(11-19-16)8-12-2-1-3-15(21)9-12/h1-3,9-11,14,21H,4-8,17H2. The van der Waals surface area contributed by atoms with E-state index >= 15 is 0 Å². The van der Waals surface area contributed by atoms with E-state index in [4.69, 9.17) is 5.73 Å². The second kappa shape index (κ2) is 6.10. The first-order valence-corrected chi connectivity index (χ1v) is 7.30. The first-order valence-electron chi connectivity index (χ1n) is 7.30. The summed E-state index contributed by atoms with van der Waals surface area (Å²) in [5, 5.41) is 9.48. The van der Waals surface area contributed by atoms with Gasteiger partial charge in [-0.05, 0) is 36.1 Å². The summed E-state index contributed by atoms with van der Waals surface area (Å²) in [6.07, 6.45) is 6.43. The van der Waals surface area contributed by atoms with Gasteiger partial charge in [0.25, 0.3) is 0 Å². The first-order chi connectivity index (χ1) is 10.2. The fraction of sp³-hybridized carbons (Fsp3) is 0.375. The Bertz CT molecular complexity index is 591. The first kappa shape index (κ1) is 13.8. The molecule has 5 nitrogen and oxygen atoms in total. The molecule has 0 unspecified atom stereocenters. The molecule has 1 aromatic heterocycles. The molecule has 3 rings (SSSR count). The number of benzene rings is 1. The Morgan fingerprint density at radius 3 is 2.52 bits per heavy atom. The Balaban J connectivity index is 1.66. The summed E-state index contributed by atoms with van der Waals surface area (Å²) < 4.78 is 0. The zero-order chi connectivity index (χ0) is 14.7. The lowest BCUT2D eigenvalue weighted by molar-refractivity contribution is 0.474. The SMILES string of the molecule is NC1CCN(c2ncc(Cc3cccc(O)c3)cn2)CC1. The summed E-state index contributed by atoms with van der Waals surface area (Å²) >= 11 is 0. The average molecular weight is 284 g/mol. The van der Waals surface area contributed by atoms with Crippen molar-refractivity contribution in [2.24, 2.45) is 5.73 Å². The predicted octanol–water partition coefficient (Wildman–Crippen LogP) is 1.70. The summed E-state index contributed by atoms with van der Waals surface area (Å²) in [6, 6.07) is 7.58. The number of piperidine rings is 1. The maximum absolute atomic E-state index is 9.48. The van der Waals surface area contributed by atoms with Gasteiger partial charge in [0.15, 0.2) is 0 Å². The third kappa shape index (κ3) is 3.49. The Morgan fingerprint density at radius 1 is 1.14 bits per heavy atom. The number of rotatable bonds is 3. The molecule has 21 heavy (non-hydrogen) atoms. The second-order valence-electron chi connectivity index (χ2n) is 5.56. The van der Waals surface area contributed by atoms with Crippen LogP contribution in [0, 0.1) is 0 Å². The number of phenolic OH excluding ortho intramolecular Hbond substituents is 1. The Hall–Kier alpha value is -2.14. The van der Waals surface area contributed by atoms with Crippen LogP contribution in [0.15, 0.2) is 36.7 Å². The molecule has 5 heteroatoms. The van der Waals surface area contributed by atoms with Crippen molar-refractivity contribution in [2.45, 2.75) is 25.3 Å². The van der Waals surface area contributed by atoms with Crippen molar-refractivity contribution in [3.05, 3.63) is 47.8 Å². The van der Waals surface area contributed by atoms with Crippen LogP contribution in [-0.2, 0) is 6.42 Å². The van der Waals surface area contributed by atoms with Crippen LogP contribution in [0.1, 0.15) is 24.0 Å². The highest BCUT2D eigenvalue weighted by Crippen LogP contribution is 2.17. The fourth-order valence-corrected chi connectivity index (χ4v) is 2.60. The normalized spacial score (nSPS) is 16.1. The number of phenols is 1. The van der Waals surface area contributed by atoms with Crippen molar-refractivity contribution in [3.63, 3.8) is 0 Å². The molecular weight excluding hydrogens is 264 g/mol. The number of hydrogen-bond acceptors (Lipinski definition) is 5. The van der Waals surface area contributed by atoms with Crippen LogP contribution in [-0.4, -0.2) is 34.2 Å². The van der Waals surface area contributed by atoms with Gasteiger partial charge in [0.2, 0.25) is 5.95 Å². The summed E-state index contributed by atoms with van der Waals surface area (Å²) in [5.41, 5.74) is 8.00. The molecule has 1 saturated heterocycles. The van der Waals surface area contributed by atoms with Gasteiger partial charge in [-0.2, -0.15) is 0 Å². The van der Waals surface area contributed by atoms with Crippen molar-refractivity contribution in [2.75, 3.05) is 18.0 Å². The van der Waals surface area contributed by atoms with Crippen LogP contribution in [0.25, 0.3) is 0 Å². The fourth-order valence-electron chi connectivity index (χ4n) is 2.60. The van der Waals surface area contributed by atoms with Crippen molar-refractivity contribution in [1.29, 1.82) is 0 Å². The Labute approximate surface area is 124 Å². The van der Waals surface area contributed by atoms with Gasteiger partial charge in [-0.15, -0.1) is 0 Å². The van der Waals surface area contributed by atoms with Crippen LogP contribution in [0.2, 0.25) is 0 Å². The molecule has 0 amide bonds. The lowest BCUT2D eigenvalue weighted by Crippen LogP contribution is -2.40. The maximum Gasteiger partial charge on any atom is 0.225 e. The van der Waals surface area contributed by atoms with Gasteiger partial charge < -0.3 is 15.7 Å². The van der Waals surface area contributed by atoms with E-state index in [1.165, 1.54) is 0 Å². The largest absolute Gasteiger partial charge is 0.508 e. The minimum atomic E-state index is 0.287. The van der Waals surface area contributed by atoms with Crippen molar-refractivity contribution < 1.29 is 5.11 Å². The van der Waals surface area contributed by atoms with E-state index in [9.17, 15) is 5.11 Å². The molecule has 3 N–H and O–H groups in total. The molecule has 0 spiro atoms. The molecule has 0 bridgehead atoms. The molecule has 1 aromatic carbocycles. The summed E-state index contributed by atoms with van der Waals surface area (Å²) in [6.45, 7) is 1.85. The zero-order valence-corrected chi connectivity index (χ0v) is 11.9. The van der Waals surface area contributed by atoms with Gasteiger partial charge >= 0.3 is 0 Å². The number of anilines is 1. The molecule has 0 radical (unpaired) electrons. The van der Waals surface area contributed by atoms with Gasteiger partial charge in [0, 0.05) is 37.9 Å². The van der Waals surface area contributed by atoms with Crippen LogP contribution < -0.4 is 10.6 Å². The summed E-state index contributed by atoms with van der Waals surface area (Å²) in [7, 11) is 0. The molecule has 1 aliphatic heterocycles. The number of hydrogen-bond donors (Lipinski definition) is 2. The van der Waals surface area contributed by atoms with Crippen LogP contribution in [0.5, 0.6) is 5.75 Å². The van der Waals surface area contributed by atoms with Crippen LogP contribution in [0.3, 0.4) is 0 Å². The molecule has 1 aliphatic rings. The summed E-state index contributed by atoms with van der Waals surface area (Å²) in [4.78, 5) is 11.1. The van der Waals surface area contributed by atoms with Gasteiger partial charge in [0.05, 0.1) is 0 Å². The van der Waals surface area contributed by atoms with Crippen LogP contribution >= 0.6 is 0 Å². The third-order valence-corrected chi connectivity index (χ3v) is 3.83. The highest BCUT2D eigenvalue weighted by molar-refractivity contribution is 5.34. The third-order valence-electron chi connectivity index (χ3n) is 3.83. The van der Waals surface area contributed by atoms with E-state index in [-0.39, 0.29) is 5.75 Å². The lowest BCUT2D eigenvalue weighted by atomic mass is 10.1. The Morgan fingerprint density at radius 2 is 1.86 bits per heavy atom. The Kier molecular flexibility index (Phi) is 4.01. The highest BCUT2D eigenvalue weighted by Gasteiger charge is 2.17. The van der Waals surface area contributed by atoms with E-state index in [2.05, 4.69) is 14.9 Å². The zero-order valence-electron chi connectivity index (χ0n) is 11.9. The molecule has 0 aliphatic carbocycles. The summed E-state index contributed by atoms with van der Waals surface area (Å²) in [5.74, 6) is 1.07. The number of aromatic nitrogens is 2. The quantitative estimate of drug-likeness (QED) is 0.897. The van der Waals surface area contributed by atoms with Gasteiger partial charge in [0.1, 0.15) is 5.75 Å². The molecule has 110 valence electrons. The molecule has 1 fully saturated rings. The van der Waals surface area contributed by atoms with E-state index in [0.717, 1.165) is 49.4 Å². The smallest absolute Gasteiger partial charge is 0.225 e. The van der Waals surface area contributed by atoms with E-state index < -0.39 is 0 Å². The minimum Gasteiger partial charge on any atom is -0.508 e. The predicted molar refractivity (Wildman–Crippen MR) is 82.4 cm³/mol. The molecule has 2 heterocycles.